The minimum atomic E-state index is 0.0582. The van der Waals surface area contributed by atoms with Gasteiger partial charge in [-0.25, -0.2) is 4.98 Å². The summed E-state index contributed by atoms with van der Waals surface area (Å²) in [6.07, 6.45) is 8.94. The predicted octanol–water partition coefficient (Wildman–Crippen LogP) is 4.55. The van der Waals surface area contributed by atoms with E-state index in [9.17, 15) is 0 Å². The molecular weight excluding hydrogens is 369 g/mol. The van der Waals surface area contributed by atoms with Crippen LogP contribution in [0.25, 0.3) is 6.08 Å². The van der Waals surface area contributed by atoms with E-state index in [2.05, 4.69) is 60.5 Å². The number of imidazole rings is 1. The zero-order chi connectivity index (χ0) is 21.8. The van der Waals surface area contributed by atoms with Gasteiger partial charge in [-0.3, -0.25) is 0 Å². The van der Waals surface area contributed by atoms with Gasteiger partial charge in [0.05, 0.1) is 25.4 Å². The largest absolute Gasteiger partial charge is 0.496 e. The van der Waals surface area contributed by atoms with Gasteiger partial charge in [-0.2, -0.15) is 5.26 Å². The molecule has 0 fully saturated rings. The van der Waals surface area contributed by atoms with Gasteiger partial charge >= 0.3 is 0 Å². The maximum atomic E-state index is 8.54. The molecule has 30 heavy (non-hydrogen) atoms. The van der Waals surface area contributed by atoms with Crippen LogP contribution < -0.4 is 10.2 Å². The molecule has 154 valence electrons. The highest BCUT2D eigenvalue weighted by Gasteiger charge is 2.02. The molecule has 0 aliphatic carbocycles. The minimum Gasteiger partial charge on any atom is -0.496 e. The van der Waals surface area contributed by atoms with Gasteiger partial charge in [0.15, 0.2) is 7.28 Å². The molecule has 0 saturated carbocycles. The molecule has 0 saturated heterocycles. The highest BCUT2D eigenvalue weighted by molar-refractivity contribution is 6.54. The SMILES string of the molecule is COc1ccccc1C=CCBc1ccccc1C.Cc1cncn1CC(C)C#N. The standard InChI is InChI=1S/C17H19BO.C8H11N3/c1-14-8-3-5-11-16(14)18-13-7-10-15-9-4-6-12-17(15)19-2;1-7(3-9)5-11-6-10-4-8(11)2/h3-12,18H,13H2,1-2H3;4,6-7H,5H2,1-2H3. The number of nitriles is 1. The molecule has 3 rings (SSSR count). The Morgan fingerprint density at radius 1 is 1.17 bits per heavy atom. The zero-order valence-corrected chi connectivity index (χ0v) is 18.4. The van der Waals surface area contributed by atoms with Gasteiger partial charge in [-0.15, -0.1) is 0 Å². The first-order chi connectivity index (χ1) is 14.5. The number of ether oxygens (including phenoxy) is 1. The fourth-order valence-electron chi connectivity index (χ4n) is 3.06. The number of para-hydroxylation sites is 1. The third-order valence-corrected chi connectivity index (χ3v) is 4.89. The van der Waals surface area contributed by atoms with E-state index in [1.165, 1.54) is 11.0 Å². The molecule has 1 unspecified atom stereocenters. The number of hydrogen-bond acceptors (Lipinski definition) is 3. The van der Waals surface area contributed by atoms with Crippen molar-refractivity contribution in [3.8, 4) is 11.8 Å². The lowest BCUT2D eigenvalue weighted by molar-refractivity contribution is 0.414. The molecule has 0 aliphatic heterocycles. The third-order valence-electron chi connectivity index (χ3n) is 4.89. The van der Waals surface area contributed by atoms with Crippen LogP contribution in [-0.4, -0.2) is 23.9 Å². The Bertz CT molecular complexity index is 988. The second kappa shape index (κ2) is 12.3. The van der Waals surface area contributed by atoms with Crippen LogP contribution in [0.15, 0.2) is 67.1 Å². The summed E-state index contributed by atoms with van der Waals surface area (Å²) in [5, 5.41) is 8.54. The Labute approximate surface area is 181 Å². The van der Waals surface area contributed by atoms with Crippen LogP contribution in [0, 0.1) is 31.1 Å². The van der Waals surface area contributed by atoms with Crippen molar-refractivity contribution in [2.75, 3.05) is 7.11 Å². The summed E-state index contributed by atoms with van der Waals surface area (Å²) in [6, 6.07) is 18.8. The highest BCUT2D eigenvalue weighted by atomic mass is 16.5. The predicted molar refractivity (Wildman–Crippen MR) is 127 cm³/mol. The second-order valence-electron chi connectivity index (χ2n) is 7.33. The first-order valence-corrected chi connectivity index (χ1v) is 10.3. The van der Waals surface area contributed by atoms with Crippen LogP contribution in [0.2, 0.25) is 6.32 Å². The molecule has 0 spiro atoms. The lowest BCUT2D eigenvalue weighted by Crippen LogP contribution is -2.15. The molecule has 0 radical (unpaired) electrons. The van der Waals surface area contributed by atoms with Crippen LogP contribution in [-0.2, 0) is 6.54 Å². The Kier molecular flexibility index (Phi) is 9.47. The van der Waals surface area contributed by atoms with Crippen LogP contribution in [0.4, 0.5) is 0 Å². The van der Waals surface area contributed by atoms with Crippen LogP contribution >= 0.6 is 0 Å². The molecule has 0 amide bonds. The number of aromatic nitrogens is 2. The van der Waals surface area contributed by atoms with Crippen molar-refractivity contribution in [1.29, 1.82) is 5.26 Å². The van der Waals surface area contributed by atoms with Gasteiger partial charge in [0.1, 0.15) is 5.75 Å². The first-order valence-electron chi connectivity index (χ1n) is 10.3. The molecule has 0 aliphatic rings. The van der Waals surface area contributed by atoms with Crippen LogP contribution in [0.5, 0.6) is 5.75 Å². The van der Waals surface area contributed by atoms with Crippen molar-refractivity contribution in [2.24, 2.45) is 5.92 Å². The van der Waals surface area contributed by atoms with E-state index in [4.69, 9.17) is 10.00 Å². The Morgan fingerprint density at radius 2 is 1.90 bits per heavy atom. The topological polar surface area (TPSA) is 50.8 Å². The van der Waals surface area contributed by atoms with Gasteiger partial charge in [0, 0.05) is 24.0 Å². The number of methoxy groups -OCH3 is 1. The molecule has 3 aromatic rings. The van der Waals surface area contributed by atoms with Gasteiger partial charge in [-0.1, -0.05) is 72.0 Å². The summed E-state index contributed by atoms with van der Waals surface area (Å²) >= 11 is 0. The number of aryl methyl sites for hydroxylation is 2. The number of nitrogens with zero attached hydrogens (tertiary/aromatic N) is 3. The summed E-state index contributed by atoms with van der Waals surface area (Å²) in [5.41, 5.74) is 5.03. The van der Waals surface area contributed by atoms with Crippen molar-refractivity contribution in [2.45, 2.75) is 33.6 Å². The molecule has 0 bridgehead atoms. The maximum absolute atomic E-state index is 8.54. The maximum Gasteiger partial charge on any atom is 0.161 e. The van der Waals surface area contributed by atoms with Gasteiger partial charge in [-0.05, 0) is 26.8 Å². The van der Waals surface area contributed by atoms with E-state index >= 15 is 0 Å². The van der Waals surface area contributed by atoms with Crippen molar-refractivity contribution in [3.05, 3.63) is 84.0 Å². The Balaban J connectivity index is 0.000000248. The fraction of sp³-hybridized carbons (Fsp3) is 0.280. The molecule has 1 aromatic heterocycles. The van der Waals surface area contributed by atoms with Crippen molar-refractivity contribution < 1.29 is 4.74 Å². The zero-order valence-electron chi connectivity index (χ0n) is 18.4. The summed E-state index contributed by atoms with van der Waals surface area (Å²) < 4.78 is 7.31. The van der Waals surface area contributed by atoms with Gasteiger partial charge in [0.25, 0.3) is 0 Å². The summed E-state index contributed by atoms with van der Waals surface area (Å²) in [4.78, 5) is 3.96. The van der Waals surface area contributed by atoms with Crippen molar-refractivity contribution in [3.63, 3.8) is 0 Å². The first kappa shape index (κ1) is 23.0. The smallest absolute Gasteiger partial charge is 0.161 e. The Hall–Kier alpha value is -3.26. The minimum absolute atomic E-state index is 0.0582. The average Bonchev–Trinajstić information content (AvgIpc) is 3.17. The number of rotatable bonds is 7. The molecular formula is C25H30BN3O. The average molecular weight is 399 g/mol. The molecule has 1 heterocycles. The summed E-state index contributed by atoms with van der Waals surface area (Å²) in [5.74, 6) is 0.984. The number of benzene rings is 2. The van der Waals surface area contributed by atoms with E-state index < -0.39 is 0 Å². The fourth-order valence-corrected chi connectivity index (χ4v) is 3.06. The lowest BCUT2D eigenvalue weighted by atomic mass is 9.65. The number of allylic oxidation sites excluding steroid dienone is 1. The monoisotopic (exact) mass is 399 g/mol. The van der Waals surface area contributed by atoms with E-state index in [-0.39, 0.29) is 5.92 Å². The highest BCUT2D eigenvalue weighted by Crippen LogP contribution is 2.18. The molecule has 2 aromatic carbocycles. The normalized spacial score (nSPS) is 11.3. The van der Waals surface area contributed by atoms with Crippen LogP contribution in [0.3, 0.4) is 0 Å². The summed E-state index contributed by atoms with van der Waals surface area (Å²) in [7, 11) is 2.79. The van der Waals surface area contributed by atoms with Gasteiger partial charge in [0.2, 0.25) is 0 Å². The quantitative estimate of drug-likeness (QED) is 0.548. The lowest BCUT2D eigenvalue weighted by Gasteiger charge is -2.04. The van der Waals surface area contributed by atoms with E-state index in [1.807, 2.05) is 36.6 Å². The molecule has 1 atom stereocenters. The third kappa shape index (κ3) is 7.29. The molecule has 4 nitrogen and oxygen atoms in total. The van der Waals surface area contributed by atoms with E-state index in [0.717, 1.165) is 37.2 Å². The second-order valence-corrected chi connectivity index (χ2v) is 7.33. The van der Waals surface area contributed by atoms with Gasteiger partial charge < -0.3 is 9.30 Å². The summed E-state index contributed by atoms with van der Waals surface area (Å²) in [6.45, 7) is 6.79. The number of hydrogen-bond donors (Lipinski definition) is 0. The molecule has 5 heteroatoms. The molecule has 0 N–H and O–H groups in total. The Morgan fingerprint density at radius 3 is 2.57 bits per heavy atom. The van der Waals surface area contributed by atoms with Crippen LogP contribution in [0.1, 0.15) is 23.7 Å². The van der Waals surface area contributed by atoms with E-state index in [0.29, 0.717) is 0 Å². The van der Waals surface area contributed by atoms with Crippen molar-refractivity contribution in [1.82, 2.24) is 9.55 Å². The van der Waals surface area contributed by atoms with Crippen molar-refractivity contribution >= 4 is 18.8 Å². The van der Waals surface area contributed by atoms with E-state index in [1.54, 1.807) is 19.6 Å².